The zero-order chi connectivity index (χ0) is 17.1. The second-order valence-corrected chi connectivity index (χ2v) is 8.90. The van der Waals surface area contributed by atoms with Crippen LogP contribution in [0.3, 0.4) is 0 Å². The lowest BCUT2D eigenvalue weighted by Gasteiger charge is -2.34. The third-order valence-corrected chi connectivity index (χ3v) is 6.86. The topological polar surface area (TPSA) is 66.9 Å². The number of hydrogen-bond acceptors (Lipinski definition) is 4. The summed E-state index contributed by atoms with van der Waals surface area (Å²) in [5.41, 5.74) is 2.92. The number of ether oxygens (including phenoxy) is 1. The van der Waals surface area contributed by atoms with Gasteiger partial charge in [0.2, 0.25) is 15.9 Å². The molecule has 7 heteroatoms. The molecule has 0 aliphatic carbocycles. The van der Waals surface area contributed by atoms with Crippen molar-refractivity contribution in [1.82, 2.24) is 4.31 Å². The number of benzene rings is 1. The molecule has 0 aromatic heterocycles. The van der Waals surface area contributed by atoms with Crippen molar-refractivity contribution in [2.45, 2.75) is 50.2 Å². The van der Waals surface area contributed by atoms with Crippen molar-refractivity contribution in [3.63, 3.8) is 0 Å². The summed E-state index contributed by atoms with van der Waals surface area (Å²) in [6.07, 6.45) is 1.60. The largest absolute Gasteiger partial charge is 0.373 e. The summed E-state index contributed by atoms with van der Waals surface area (Å²) in [4.78, 5) is 14.2. The molecule has 1 saturated heterocycles. The maximum atomic E-state index is 13.1. The maximum absolute atomic E-state index is 13.1. The smallest absolute Gasteiger partial charge is 0.243 e. The van der Waals surface area contributed by atoms with Gasteiger partial charge in [-0.2, -0.15) is 4.31 Å². The Hall–Kier alpha value is -1.44. The van der Waals surface area contributed by atoms with Crippen LogP contribution in [0.15, 0.2) is 17.0 Å². The van der Waals surface area contributed by atoms with Gasteiger partial charge in [0, 0.05) is 26.1 Å². The lowest BCUT2D eigenvalue weighted by molar-refractivity contribution is -0.118. The highest BCUT2D eigenvalue weighted by atomic mass is 32.2. The summed E-state index contributed by atoms with van der Waals surface area (Å²) in [6.45, 7) is 5.21. The van der Waals surface area contributed by atoms with Gasteiger partial charge >= 0.3 is 0 Å². The van der Waals surface area contributed by atoms with Gasteiger partial charge in [-0.05, 0) is 49.9 Å². The van der Waals surface area contributed by atoms with E-state index < -0.39 is 10.0 Å². The third kappa shape index (κ3) is 2.46. The van der Waals surface area contributed by atoms with Gasteiger partial charge in [-0.25, -0.2) is 8.42 Å². The van der Waals surface area contributed by atoms with Gasteiger partial charge in [-0.3, -0.25) is 4.79 Å². The Balaban J connectivity index is 1.74. The summed E-state index contributed by atoms with van der Waals surface area (Å²) < 4.78 is 33.4. The van der Waals surface area contributed by atoms with E-state index in [9.17, 15) is 13.2 Å². The average molecular weight is 350 g/mol. The van der Waals surface area contributed by atoms with E-state index in [1.165, 1.54) is 4.31 Å². The van der Waals surface area contributed by atoms with Crippen molar-refractivity contribution in [3.05, 3.63) is 23.3 Å². The average Bonchev–Trinajstić information content (AvgIpc) is 2.95. The van der Waals surface area contributed by atoms with Crippen molar-refractivity contribution >= 4 is 21.6 Å². The summed E-state index contributed by atoms with van der Waals surface area (Å²) in [6, 6.07) is 3.53. The van der Waals surface area contributed by atoms with Gasteiger partial charge in [-0.1, -0.05) is 0 Å². The lowest BCUT2D eigenvalue weighted by Crippen LogP contribution is -2.48. The van der Waals surface area contributed by atoms with Crippen LogP contribution < -0.4 is 4.90 Å². The van der Waals surface area contributed by atoms with Crippen LogP contribution in [0.1, 0.15) is 31.4 Å². The van der Waals surface area contributed by atoms with Crippen molar-refractivity contribution in [3.8, 4) is 0 Å². The van der Waals surface area contributed by atoms with Crippen LogP contribution in [0.4, 0.5) is 5.69 Å². The van der Waals surface area contributed by atoms with Gasteiger partial charge in [0.05, 0.1) is 22.8 Å². The molecule has 0 unspecified atom stereocenters. The Kier molecular flexibility index (Phi) is 3.71. The summed E-state index contributed by atoms with van der Waals surface area (Å²) >= 11 is 0. The summed E-state index contributed by atoms with van der Waals surface area (Å²) in [5, 5.41) is 0. The highest BCUT2D eigenvalue weighted by Gasteiger charge is 2.36. The van der Waals surface area contributed by atoms with E-state index in [0.717, 1.165) is 23.2 Å². The van der Waals surface area contributed by atoms with Crippen molar-refractivity contribution in [1.29, 1.82) is 0 Å². The molecule has 6 nitrogen and oxygen atoms in total. The zero-order valence-electron chi connectivity index (χ0n) is 14.0. The normalized spacial score (nSPS) is 27.4. The number of morpholine rings is 1. The second kappa shape index (κ2) is 5.54. The molecule has 0 N–H and O–H groups in total. The van der Waals surface area contributed by atoms with Crippen LogP contribution in [0.2, 0.25) is 0 Å². The number of carbonyl (C=O) groups excluding carboxylic acids is 1. The maximum Gasteiger partial charge on any atom is 0.243 e. The first-order valence-corrected chi connectivity index (χ1v) is 9.92. The minimum absolute atomic E-state index is 0.107. The van der Waals surface area contributed by atoms with Crippen molar-refractivity contribution in [2.75, 3.05) is 24.5 Å². The Morgan fingerprint density at radius 1 is 1.04 bits per heavy atom. The first kappa shape index (κ1) is 16.1. The van der Waals surface area contributed by atoms with Gasteiger partial charge in [0.25, 0.3) is 0 Å². The molecule has 24 heavy (non-hydrogen) atoms. The molecule has 0 bridgehead atoms. The highest BCUT2D eigenvalue weighted by molar-refractivity contribution is 7.89. The fraction of sp³-hybridized carbons (Fsp3) is 0.588. The summed E-state index contributed by atoms with van der Waals surface area (Å²) in [5.74, 6) is 0.146. The molecule has 4 rings (SSSR count). The molecule has 2 atom stereocenters. The quantitative estimate of drug-likeness (QED) is 0.807. The number of amides is 1. The van der Waals surface area contributed by atoms with E-state index in [-0.39, 0.29) is 18.1 Å². The van der Waals surface area contributed by atoms with E-state index in [1.54, 1.807) is 12.1 Å². The van der Waals surface area contributed by atoms with Crippen LogP contribution in [0.25, 0.3) is 0 Å². The minimum atomic E-state index is -3.54. The van der Waals surface area contributed by atoms with Crippen LogP contribution in [0, 0.1) is 0 Å². The predicted octanol–water partition coefficient (Wildman–Crippen LogP) is 1.32. The van der Waals surface area contributed by atoms with Crippen LogP contribution in [0.5, 0.6) is 0 Å². The first-order chi connectivity index (χ1) is 11.4. The fourth-order valence-corrected chi connectivity index (χ4v) is 5.74. The molecule has 1 fully saturated rings. The van der Waals surface area contributed by atoms with E-state index >= 15 is 0 Å². The van der Waals surface area contributed by atoms with Gasteiger partial charge in [0.1, 0.15) is 0 Å². The standard InChI is InChI=1S/C17H22N2O4S/c1-11-9-18(10-12(2)23-11)24(21,22)15-7-13-3-4-16(20)19-6-5-14(8-15)17(13)19/h7-8,11-12H,3-6,9-10H2,1-2H3/t11-,12-/m1/s1. The second-order valence-electron chi connectivity index (χ2n) is 6.96. The number of aryl methyl sites for hydroxylation is 1. The minimum Gasteiger partial charge on any atom is -0.373 e. The van der Waals surface area contributed by atoms with E-state index in [4.69, 9.17) is 4.74 Å². The third-order valence-electron chi connectivity index (χ3n) is 5.05. The Morgan fingerprint density at radius 3 is 2.33 bits per heavy atom. The molecule has 1 aromatic carbocycles. The van der Waals surface area contributed by atoms with Crippen LogP contribution >= 0.6 is 0 Å². The highest BCUT2D eigenvalue weighted by Crippen LogP contribution is 2.39. The Morgan fingerprint density at radius 2 is 1.67 bits per heavy atom. The molecular formula is C17H22N2O4S. The summed E-state index contributed by atoms with van der Waals surface area (Å²) in [7, 11) is -3.54. The van der Waals surface area contributed by atoms with E-state index in [2.05, 4.69) is 0 Å². The number of rotatable bonds is 2. The molecular weight excluding hydrogens is 328 g/mol. The number of sulfonamides is 1. The molecule has 3 aliphatic heterocycles. The number of carbonyl (C=O) groups is 1. The molecule has 130 valence electrons. The molecule has 3 heterocycles. The molecule has 1 amide bonds. The van der Waals surface area contributed by atoms with Crippen LogP contribution in [-0.4, -0.2) is 50.5 Å². The number of nitrogens with zero attached hydrogens (tertiary/aromatic N) is 2. The monoisotopic (exact) mass is 350 g/mol. The lowest BCUT2D eigenvalue weighted by atomic mass is 10.00. The predicted molar refractivity (Wildman–Crippen MR) is 89.6 cm³/mol. The Bertz CT molecular complexity index is 795. The van der Waals surface area contributed by atoms with E-state index in [0.29, 0.717) is 37.4 Å². The number of hydrogen-bond donors (Lipinski definition) is 0. The Labute approximate surface area is 142 Å². The zero-order valence-corrected chi connectivity index (χ0v) is 14.8. The SMILES string of the molecule is C[C@@H]1CN(S(=O)(=O)c2cc3c4c(c2)CCN4C(=O)CC3)C[C@@H](C)O1. The molecule has 1 aromatic rings. The van der Waals surface area contributed by atoms with Crippen molar-refractivity contribution in [2.24, 2.45) is 0 Å². The van der Waals surface area contributed by atoms with Gasteiger partial charge in [0.15, 0.2) is 0 Å². The fourth-order valence-electron chi connectivity index (χ4n) is 4.05. The first-order valence-electron chi connectivity index (χ1n) is 8.48. The molecule has 0 radical (unpaired) electrons. The van der Waals surface area contributed by atoms with Gasteiger partial charge < -0.3 is 9.64 Å². The molecule has 0 spiro atoms. The van der Waals surface area contributed by atoms with Crippen LogP contribution in [-0.2, 0) is 32.4 Å². The van der Waals surface area contributed by atoms with E-state index in [1.807, 2.05) is 18.7 Å². The molecule has 0 saturated carbocycles. The number of anilines is 1. The van der Waals surface area contributed by atoms with Gasteiger partial charge in [-0.15, -0.1) is 0 Å². The molecule has 3 aliphatic rings. The van der Waals surface area contributed by atoms with Crippen molar-refractivity contribution < 1.29 is 17.9 Å².